The zero-order valence-corrected chi connectivity index (χ0v) is 15.0. The molecule has 24 heavy (non-hydrogen) atoms. The highest BCUT2D eigenvalue weighted by molar-refractivity contribution is 5.73. The van der Waals surface area contributed by atoms with E-state index in [0.29, 0.717) is 32.6 Å². The van der Waals surface area contributed by atoms with Crippen molar-refractivity contribution in [3.63, 3.8) is 0 Å². The van der Waals surface area contributed by atoms with Gasteiger partial charge in [0.1, 0.15) is 6.17 Å². The van der Waals surface area contributed by atoms with Crippen LogP contribution in [0.3, 0.4) is 0 Å². The van der Waals surface area contributed by atoms with Crippen LogP contribution < -0.4 is 11.1 Å². The highest BCUT2D eigenvalue weighted by Gasteiger charge is 2.34. The molecule has 1 fully saturated rings. The van der Waals surface area contributed by atoms with Crippen molar-refractivity contribution in [2.75, 3.05) is 26.7 Å². The fourth-order valence-electron chi connectivity index (χ4n) is 2.91. The van der Waals surface area contributed by atoms with Gasteiger partial charge in [0.2, 0.25) is 0 Å². The number of rotatable bonds is 6. The van der Waals surface area contributed by atoms with Crippen LogP contribution in [-0.2, 0) is 13.6 Å². The number of likely N-dealkylation sites (N-methyl/N-ethyl adjacent to an activating group) is 1. The Morgan fingerprint density at radius 3 is 2.88 bits per heavy atom. The zero-order valence-electron chi connectivity index (χ0n) is 15.0. The maximum absolute atomic E-state index is 13.9. The molecule has 1 saturated heterocycles. The van der Waals surface area contributed by atoms with Gasteiger partial charge in [-0.25, -0.2) is 9.18 Å². The Morgan fingerprint density at radius 1 is 1.58 bits per heavy atom. The van der Waals surface area contributed by atoms with Crippen molar-refractivity contribution < 1.29 is 9.18 Å². The number of nitrogens with two attached hydrogens (primary N) is 1. The molecule has 1 aromatic heterocycles. The first-order valence-corrected chi connectivity index (χ1v) is 8.28. The number of nitrogens with zero attached hydrogens (tertiary/aromatic N) is 4. The largest absolute Gasteiger partial charge is 0.336 e. The molecule has 2 rings (SSSR count). The SMILES string of the molecule is CN(C[C@@H]1C[C@H](F)CN1Cc1ccnn1C)C(=O)NCC(C)(C)N. The normalized spacial score (nSPS) is 21.9. The van der Waals surface area contributed by atoms with Gasteiger partial charge in [-0.2, -0.15) is 5.10 Å². The summed E-state index contributed by atoms with van der Waals surface area (Å²) in [6, 6.07) is 1.75. The summed E-state index contributed by atoms with van der Waals surface area (Å²) in [5.74, 6) is 0. The molecule has 1 aromatic rings. The van der Waals surface area contributed by atoms with E-state index in [2.05, 4.69) is 15.3 Å². The van der Waals surface area contributed by atoms with Gasteiger partial charge in [0.15, 0.2) is 0 Å². The quantitative estimate of drug-likeness (QED) is 0.799. The van der Waals surface area contributed by atoms with Crippen molar-refractivity contribution in [1.29, 1.82) is 0 Å². The fraction of sp³-hybridized carbons (Fsp3) is 0.750. The van der Waals surface area contributed by atoms with Gasteiger partial charge in [0, 0.05) is 58.1 Å². The molecule has 7 nitrogen and oxygen atoms in total. The summed E-state index contributed by atoms with van der Waals surface area (Å²) < 4.78 is 15.7. The minimum Gasteiger partial charge on any atom is -0.336 e. The zero-order chi connectivity index (χ0) is 17.9. The van der Waals surface area contributed by atoms with E-state index in [1.54, 1.807) is 22.8 Å². The third-order valence-electron chi connectivity index (χ3n) is 4.29. The van der Waals surface area contributed by atoms with Crippen molar-refractivity contribution in [2.24, 2.45) is 12.8 Å². The Kier molecular flexibility index (Phi) is 5.82. The molecule has 0 radical (unpaired) electrons. The first-order chi connectivity index (χ1) is 11.2. The highest BCUT2D eigenvalue weighted by Crippen LogP contribution is 2.23. The number of carbonyl (C=O) groups excluding carboxylic acids is 1. The first-order valence-electron chi connectivity index (χ1n) is 8.28. The Hall–Kier alpha value is -1.67. The number of amides is 2. The lowest BCUT2D eigenvalue weighted by Gasteiger charge is -2.29. The summed E-state index contributed by atoms with van der Waals surface area (Å²) in [5, 5.41) is 6.96. The number of urea groups is 1. The van der Waals surface area contributed by atoms with Crippen LogP contribution >= 0.6 is 0 Å². The summed E-state index contributed by atoms with van der Waals surface area (Å²) in [6.45, 7) is 5.61. The lowest BCUT2D eigenvalue weighted by Crippen LogP contribution is -2.50. The van der Waals surface area contributed by atoms with E-state index < -0.39 is 11.7 Å². The Bertz CT molecular complexity index is 555. The highest BCUT2D eigenvalue weighted by atomic mass is 19.1. The van der Waals surface area contributed by atoms with E-state index in [0.717, 1.165) is 5.69 Å². The molecule has 0 saturated carbocycles. The predicted octanol–water partition coefficient (Wildman–Crippen LogP) is 0.711. The molecular weight excluding hydrogens is 311 g/mol. The van der Waals surface area contributed by atoms with Crippen molar-refractivity contribution in [3.8, 4) is 0 Å². The second-order valence-corrected chi connectivity index (χ2v) is 7.39. The molecule has 2 atom stereocenters. The average molecular weight is 340 g/mol. The molecule has 3 N–H and O–H groups in total. The lowest BCUT2D eigenvalue weighted by molar-refractivity contribution is 0.171. The summed E-state index contributed by atoms with van der Waals surface area (Å²) in [7, 11) is 3.61. The standard InChI is InChI=1S/C16H29FN6O/c1-16(2,18)11-19-15(24)21(3)9-14-7-12(17)8-23(14)10-13-5-6-20-22(13)4/h5-6,12,14H,7-11,18H2,1-4H3,(H,19,24)/t12-,14-/m0/s1. The van der Waals surface area contributed by atoms with E-state index in [9.17, 15) is 9.18 Å². The maximum atomic E-state index is 13.9. The molecule has 136 valence electrons. The number of hydrogen-bond donors (Lipinski definition) is 2. The van der Waals surface area contributed by atoms with E-state index in [4.69, 9.17) is 5.73 Å². The van der Waals surface area contributed by atoms with Gasteiger partial charge in [-0.15, -0.1) is 0 Å². The Balaban J connectivity index is 1.91. The summed E-state index contributed by atoms with van der Waals surface area (Å²) in [6.07, 6.45) is 1.32. The second kappa shape index (κ2) is 7.48. The fourth-order valence-corrected chi connectivity index (χ4v) is 2.91. The Labute approximate surface area is 143 Å². The van der Waals surface area contributed by atoms with Crippen molar-refractivity contribution in [3.05, 3.63) is 18.0 Å². The van der Waals surface area contributed by atoms with Crippen LogP contribution in [-0.4, -0.2) is 70.0 Å². The number of carbonyl (C=O) groups is 1. The van der Waals surface area contributed by atoms with E-state index in [-0.39, 0.29) is 12.1 Å². The number of aryl methyl sites for hydroxylation is 1. The van der Waals surface area contributed by atoms with E-state index in [1.807, 2.05) is 27.0 Å². The van der Waals surface area contributed by atoms with Crippen molar-refractivity contribution in [2.45, 2.75) is 44.6 Å². The first kappa shape index (κ1) is 18.7. The van der Waals surface area contributed by atoms with E-state index >= 15 is 0 Å². The van der Waals surface area contributed by atoms with Gasteiger partial charge in [0.25, 0.3) is 0 Å². The van der Waals surface area contributed by atoms with Crippen LogP contribution in [0.25, 0.3) is 0 Å². The van der Waals surface area contributed by atoms with Crippen molar-refractivity contribution >= 4 is 6.03 Å². The number of likely N-dealkylation sites (tertiary alicyclic amines) is 1. The molecule has 8 heteroatoms. The van der Waals surface area contributed by atoms with Gasteiger partial charge in [-0.1, -0.05) is 0 Å². The van der Waals surface area contributed by atoms with Crippen LogP contribution in [0, 0.1) is 0 Å². The molecule has 1 aliphatic heterocycles. The molecule has 2 heterocycles. The minimum absolute atomic E-state index is 0.00321. The maximum Gasteiger partial charge on any atom is 0.317 e. The summed E-state index contributed by atoms with van der Waals surface area (Å²) >= 11 is 0. The number of nitrogens with one attached hydrogen (secondary N) is 1. The molecule has 1 aliphatic rings. The second-order valence-electron chi connectivity index (χ2n) is 7.39. The molecule has 0 aromatic carbocycles. The smallest absolute Gasteiger partial charge is 0.317 e. The van der Waals surface area contributed by atoms with Crippen molar-refractivity contribution in [1.82, 2.24) is 24.9 Å². The van der Waals surface area contributed by atoms with Gasteiger partial charge < -0.3 is 16.0 Å². The lowest BCUT2D eigenvalue weighted by atomic mass is 10.1. The van der Waals surface area contributed by atoms with Gasteiger partial charge in [-0.05, 0) is 26.3 Å². The molecule has 0 bridgehead atoms. The minimum atomic E-state index is -0.859. The Morgan fingerprint density at radius 2 is 2.29 bits per heavy atom. The van der Waals surface area contributed by atoms with Gasteiger partial charge in [-0.3, -0.25) is 9.58 Å². The molecule has 0 aliphatic carbocycles. The predicted molar refractivity (Wildman–Crippen MR) is 91.2 cm³/mol. The third-order valence-corrected chi connectivity index (χ3v) is 4.29. The molecule has 0 unspecified atom stereocenters. The molecule has 2 amide bonds. The van der Waals surface area contributed by atoms with Gasteiger partial charge in [0.05, 0.1) is 5.69 Å². The van der Waals surface area contributed by atoms with Crippen LogP contribution in [0.4, 0.5) is 9.18 Å². The number of hydrogen-bond acceptors (Lipinski definition) is 4. The molecule has 0 spiro atoms. The summed E-state index contributed by atoms with van der Waals surface area (Å²) in [5.41, 5.74) is 6.45. The van der Waals surface area contributed by atoms with E-state index in [1.165, 1.54) is 0 Å². The van der Waals surface area contributed by atoms with Crippen LogP contribution in [0.5, 0.6) is 0 Å². The topological polar surface area (TPSA) is 79.4 Å². The van der Waals surface area contributed by atoms with Crippen LogP contribution in [0.15, 0.2) is 12.3 Å². The summed E-state index contributed by atoms with van der Waals surface area (Å²) in [4.78, 5) is 15.9. The van der Waals surface area contributed by atoms with Crippen LogP contribution in [0.2, 0.25) is 0 Å². The number of aromatic nitrogens is 2. The third kappa shape index (κ3) is 5.17. The van der Waals surface area contributed by atoms with Gasteiger partial charge >= 0.3 is 6.03 Å². The average Bonchev–Trinajstić information content (AvgIpc) is 3.02. The monoisotopic (exact) mass is 340 g/mol. The van der Waals surface area contributed by atoms with Crippen LogP contribution in [0.1, 0.15) is 26.0 Å². The number of halogens is 1. The molecular formula is C16H29FN6O. The number of alkyl halides is 1.